The van der Waals surface area contributed by atoms with Crippen molar-refractivity contribution in [3.63, 3.8) is 0 Å². The summed E-state index contributed by atoms with van der Waals surface area (Å²) in [6, 6.07) is 11.9. The standard InChI is InChI=1S/C13H10O4S/c14-18(15,16)11-5-6-13-10(8-11)7-9-3-1-2-4-12(9)17-13/h1-6,8H,7H2,(H,14,15,16). The van der Waals surface area contributed by atoms with E-state index < -0.39 is 10.1 Å². The summed E-state index contributed by atoms with van der Waals surface area (Å²) in [5.41, 5.74) is 1.75. The van der Waals surface area contributed by atoms with Gasteiger partial charge in [-0.05, 0) is 29.8 Å². The van der Waals surface area contributed by atoms with Crippen LogP contribution in [0.25, 0.3) is 0 Å². The molecule has 1 heterocycles. The molecular weight excluding hydrogens is 252 g/mol. The molecule has 2 aromatic carbocycles. The molecule has 0 spiro atoms. The smallest absolute Gasteiger partial charge is 0.294 e. The number of hydrogen-bond acceptors (Lipinski definition) is 3. The first-order valence-electron chi connectivity index (χ1n) is 5.40. The van der Waals surface area contributed by atoms with Gasteiger partial charge in [0.2, 0.25) is 0 Å². The van der Waals surface area contributed by atoms with Crippen LogP contribution in [0.5, 0.6) is 11.5 Å². The van der Waals surface area contributed by atoms with Crippen molar-refractivity contribution in [3.8, 4) is 11.5 Å². The first-order chi connectivity index (χ1) is 8.54. The fourth-order valence-corrected chi connectivity index (χ4v) is 2.56. The van der Waals surface area contributed by atoms with Crippen LogP contribution < -0.4 is 4.74 Å². The molecule has 1 aliphatic rings. The zero-order valence-electron chi connectivity index (χ0n) is 9.33. The summed E-state index contributed by atoms with van der Waals surface area (Å²) in [6.45, 7) is 0. The summed E-state index contributed by atoms with van der Waals surface area (Å²) in [6.07, 6.45) is 0.592. The highest BCUT2D eigenvalue weighted by Gasteiger charge is 2.19. The van der Waals surface area contributed by atoms with E-state index in [9.17, 15) is 8.42 Å². The molecule has 0 atom stereocenters. The minimum Gasteiger partial charge on any atom is -0.457 e. The van der Waals surface area contributed by atoms with E-state index in [4.69, 9.17) is 9.29 Å². The van der Waals surface area contributed by atoms with Gasteiger partial charge < -0.3 is 4.74 Å². The monoisotopic (exact) mass is 262 g/mol. The third-order valence-corrected chi connectivity index (χ3v) is 3.75. The van der Waals surface area contributed by atoms with E-state index in [1.165, 1.54) is 12.1 Å². The van der Waals surface area contributed by atoms with E-state index in [1.807, 2.05) is 24.3 Å². The Morgan fingerprint density at radius 3 is 2.50 bits per heavy atom. The zero-order chi connectivity index (χ0) is 12.8. The van der Waals surface area contributed by atoms with Gasteiger partial charge in [-0.15, -0.1) is 0 Å². The quantitative estimate of drug-likeness (QED) is 0.685. The maximum Gasteiger partial charge on any atom is 0.294 e. The number of ether oxygens (including phenoxy) is 1. The Balaban J connectivity index is 2.09. The zero-order valence-corrected chi connectivity index (χ0v) is 10.1. The molecule has 0 aromatic heterocycles. The fourth-order valence-electron chi connectivity index (χ4n) is 2.03. The normalized spacial score (nSPS) is 13.4. The third kappa shape index (κ3) is 1.87. The fraction of sp³-hybridized carbons (Fsp3) is 0.0769. The minimum atomic E-state index is -4.17. The number of para-hydroxylation sites is 1. The largest absolute Gasteiger partial charge is 0.457 e. The molecule has 5 heteroatoms. The van der Waals surface area contributed by atoms with Crippen molar-refractivity contribution in [3.05, 3.63) is 53.6 Å². The highest BCUT2D eigenvalue weighted by atomic mass is 32.2. The molecule has 0 amide bonds. The number of benzene rings is 2. The molecule has 1 N–H and O–H groups in total. The number of fused-ring (bicyclic) bond motifs is 2. The number of rotatable bonds is 1. The van der Waals surface area contributed by atoms with Gasteiger partial charge in [-0.3, -0.25) is 4.55 Å². The number of hydrogen-bond donors (Lipinski definition) is 1. The summed E-state index contributed by atoms with van der Waals surface area (Å²) in [5.74, 6) is 1.41. The molecule has 3 rings (SSSR count). The molecule has 92 valence electrons. The van der Waals surface area contributed by atoms with Gasteiger partial charge in [-0.2, -0.15) is 8.42 Å². The molecule has 18 heavy (non-hydrogen) atoms. The Labute approximate surface area is 105 Å². The van der Waals surface area contributed by atoms with E-state index in [2.05, 4.69) is 0 Å². The lowest BCUT2D eigenvalue weighted by Gasteiger charge is -2.20. The summed E-state index contributed by atoms with van der Waals surface area (Å²) < 4.78 is 36.8. The predicted molar refractivity (Wildman–Crippen MR) is 65.6 cm³/mol. The van der Waals surface area contributed by atoms with Crippen LogP contribution in [-0.4, -0.2) is 13.0 Å². The second-order valence-electron chi connectivity index (χ2n) is 4.13. The SMILES string of the molecule is O=S(=O)(O)c1ccc2c(c1)Cc1ccccc1O2. The van der Waals surface area contributed by atoms with Crippen molar-refractivity contribution in [2.75, 3.05) is 0 Å². The van der Waals surface area contributed by atoms with Crippen molar-refractivity contribution < 1.29 is 17.7 Å². The molecule has 1 aliphatic heterocycles. The molecule has 0 bridgehead atoms. The van der Waals surface area contributed by atoms with Crippen LogP contribution >= 0.6 is 0 Å². The van der Waals surface area contributed by atoms with E-state index in [-0.39, 0.29) is 4.90 Å². The average molecular weight is 262 g/mol. The Morgan fingerprint density at radius 1 is 1.00 bits per heavy atom. The van der Waals surface area contributed by atoms with Crippen LogP contribution in [0.1, 0.15) is 11.1 Å². The Morgan fingerprint density at radius 2 is 1.72 bits per heavy atom. The maximum atomic E-state index is 11.1. The van der Waals surface area contributed by atoms with Crippen LogP contribution in [0, 0.1) is 0 Å². The van der Waals surface area contributed by atoms with Gasteiger partial charge in [0.1, 0.15) is 11.5 Å². The third-order valence-electron chi connectivity index (χ3n) is 2.90. The highest BCUT2D eigenvalue weighted by molar-refractivity contribution is 7.85. The predicted octanol–water partition coefficient (Wildman–Crippen LogP) is 2.63. The van der Waals surface area contributed by atoms with E-state index in [1.54, 1.807) is 6.07 Å². The van der Waals surface area contributed by atoms with Crippen molar-refractivity contribution in [1.29, 1.82) is 0 Å². The summed E-state index contributed by atoms with van der Waals surface area (Å²) in [4.78, 5) is -0.107. The topological polar surface area (TPSA) is 63.6 Å². The molecule has 4 nitrogen and oxygen atoms in total. The molecule has 0 radical (unpaired) electrons. The van der Waals surface area contributed by atoms with Gasteiger partial charge in [0.05, 0.1) is 4.90 Å². The van der Waals surface area contributed by atoms with Crippen molar-refractivity contribution in [2.45, 2.75) is 11.3 Å². The molecule has 0 unspecified atom stereocenters. The molecular formula is C13H10O4S. The first kappa shape index (κ1) is 11.3. The lowest BCUT2D eigenvalue weighted by atomic mass is 10.0. The molecule has 0 fully saturated rings. The van der Waals surface area contributed by atoms with Gasteiger partial charge in [-0.1, -0.05) is 18.2 Å². The molecule has 0 saturated heterocycles. The summed E-state index contributed by atoms with van der Waals surface area (Å²) in [7, 11) is -4.17. The van der Waals surface area contributed by atoms with E-state index >= 15 is 0 Å². The second-order valence-corrected chi connectivity index (χ2v) is 5.55. The average Bonchev–Trinajstić information content (AvgIpc) is 2.34. The maximum absolute atomic E-state index is 11.1. The van der Waals surface area contributed by atoms with Gasteiger partial charge in [0.15, 0.2) is 0 Å². The minimum absolute atomic E-state index is 0.107. The second kappa shape index (κ2) is 3.83. The van der Waals surface area contributed by atoms with Crippen molar-refractivity contribution in [2.24, 2.45) is 0 Å². The van der Waals surface area contributed by atoms with Crippen LogP contribution in [0.15, 0.2) is 47.4 Å². The van der Waals surface area contributed by atoms with Gasteiger partial charge >= 0.3 is 0 Å². The summed E-state index contributed by atoms with van der Waals surface area (Å²) >= 11 is 0. The van der Waals surface area contributed by atoms with Gasteiger partial charge in [-0.25, -0.2) is 0 Å². The van der Waals surface area contributed by atoms with Gasteiger partial charge in [0.25, 0.3) is 10.1 Å². The Bertz CT molecular complexity index is 720. The first-order valence-corrected chi connectivity index (χ1v) is 6.84. The molecule has 0 aliphatic carbocycles. The lowest BCUT2D eigenvalue weighted by molar-refractivity contribution is 0.458. The van der Waals surface area contributed by atoms with Crippen LogP contribution in [0.4, 0.5) is 0 Å². The Kier molecular flexibility index (Phi) is 2.39. The summed E-state index contributed by atoms with van der Waals surface area (Å²) in [5, 5.41) is 0. The van der Waals surface area contributed by atoms with Gasteiger partial charge in [0, 0.05) is 12.0 Å². The van der Waals surface area contributed by atoms with Crippen molar-refractivity contribution >= 4 is 10.1 Å². The molecule has 2 aromatic rings. The van der Waals surface area contributed by atoms with Crippen LogP contribution in [-0.2, 0) is 16.5 Å². The van der Waals surface area contributed by atoms with Crippen LogP contribution in [0.3, 0.4) is 0 Å². The lowest BCUT2D eigenvalue weighted by Crippen LogP contribution is -2.05. The molecule has 0 saturated carbocycles. The Hall–Kier alpha value is -1.85. The van der Waals surface area contributed by atoms with E-state index in [0.29, 0.717) is 12.2 Å². The highest BCUT2D eigenvalue weighted by Crippen LogP contribution is 2.37. The van der Waals surface area contributed by atoms with Crippen LogP contribution in [0.2, 0.25) is 0 Å². The van der Waals surface area contributed by atoms with Crippen molar-refractivity contribution in [1.82, 2.24) is 0 Å². The van der Waals surface area contributed by atoms with E-state index in [0.717, 1.165) is 16.9 Å².